The third-order valence-electron chi connectivity index (χ3n) is 7.82. The van der Waals surface area contributed by atoms with E-state index >= 15 is 0 Å². The Labute approximate surface area is 167 Å². The van der Waals surface area contributed by atoms with Crippen molar-refractivity contribution < 1.29 is 28.6 Å². The number of esters is 2. The molecule has 3 aliphatic carbocycles. The van der Waals surface area contributed by atoms with Gasteiger partial charge in [-0.15, -0.1) is 0 Å². The molecule has 0 amide bonds. The summed E-state index contributed by atoms with van der Waals surface area (Å²) in [5, 5.41) is 0. The van der Waals surface area contributed by atoms with Gasteiger partial charge in [-0.05, 0) is 41.9 Å². The summed E-state index contributed by atoms with van der Waals surface area (Å²) in [5.74, 6) is -1.17. The minimum atomic E-state index is -1.57. The minimum Gasteiger partial charge on any atom is -0.468 e. The highest BCUT2D eigenvalue weighted by Gasteiger charge is 2.66. The lowest BCUT2D eigenvalue weighted by molar-refractivity contribution is -0.185. The van der Waals surface area contributed by atoms with Gasteiger partial charge in [0.15, 0.2) is 5.41 Å². The number of Topliss-reactive ketones (excluding diaryl/α,β-unsaturated/α-hetero) is 1. The van der Waals surface area contributed by atoms with Crippen molar-refractivity contribution in [2.45, 2.75) is 52.6 Å². The molecule has 0 bridgehead atoms. The van der Waals surface area contributed by atoms with Crippen LogP contribution >= 0.6 is 0 Å². The zero-order valence-electron chi connectivity index (χ0n) is 17.7. The highest BCUT2D eigenvalue weighted by atomic mass is 16.5. The molecule has 3 rings (SSSR count). The molecule has 0 spiro atoms. The summed E-state index contributed by atoms with van der Waals surface area (Å²) in [6, 6.07) is 0. The van der Waals surface area contributed by atoms with Crippen molar-refractivity contribution in [3.8, 4) is 0 Å². The molecule has 0 aromatic heterocycles. The van der Waals surface area contributed by atoms with Crippen LogP contribution in [0.25, 0.3) is 0 Å². The SMILES string of the molecule is COC(=O)C1(C(=O)OC)CC(=O)[C@@H]2[C@]3(C)CC[C@@H](OC)[C@H](C)[C@@H]3C=C[C@]2(C)C1. The Bertz CT molecular complexity index is 696. The van der Waals surface area contributed by atoms with E-state index in [1.807, 2.05) is 6.92 Å². The van der Waals surface area contributed by atoms with Crippen molar-refractivity contribution in [1.29, 1.82) is 0 Å². The van der Waals surface area contributed by atoms with E-state index in [4.69, 9.17) is 14.2 Å². The van der Waals surface area contributed by atoms with Crippen LogP contribution in [-0.4, -0.2) is 45.2 Å². The molecule has 0 aliphatic heterocycles. The van der Waals surface area contributed by atoms with Gasteiger partial charge in [0, 0.05) is 19.4 Å². The Kier molecular flexibility index (Phi) is 5.24. The molecule has 0 N–H and O–H groups in total. The van der Waals surface area contributed by atoms with Crippen molar-refractivity contribution in [2.75, 3.05) is 21.3 Å². The first-order valence-corrected chi connectivity index (χ1v) is 10.0. The summed E-state index contributed by atoms with van der Waals surface area (Å²) < 4.78 is 15.5. The fourth-order valence-corrected chi connectivity index (χ4v) is 6.72. The summed E-state index contributed by atoms with van der Waals surface area (Å²) in [6.45, 7) is 6.36. The summed E-state index contributed by atoms with van der Waals surface area (Å²) >= 11 is 0. The second-order valence-electron chi connectivity index (χ2n) is 9.39. The highest BCUT2D eigenvalue weighted by Crippen LogP contribution is 2.64. The first kappa shape index (κ1) is 21.0. The summed E-state index contributed by atoms with van der Waals surface area (Å²) in [7, 11) is 4.23. The van der Waals surface area contributed by atoms with Crippen LogP contribution in [0.1, 0.15) is 46.5 Å². The van der Waals surface area contributed by atoms with E-state index in [2.05, 4.69) is 26.0 Å². The zero-order chi connectivity index (χ0) is 20.9. The van der Waals surface area contributed by atoms with Crippen molar-refractivity contribution in [3.05, 3.63) is 12.2 Å². The first-order chi connectivity index (χ1) is 13.1. The van der Waals surface area contributed by atoms with Crippen LogP contribution in [0.5, 0.6) is 0 Å². The minimum absolute atomic E-state index is 0.0514. The molecule has 0 radical (unpaired) electrons. The number of carbonyl (C=O) groups is 3. The Balaban J connectivity index is 2.08. The van der Waals surface area contributed by atoms with Gasteiger partial charge in [0.2, 0.25) is 0 Å². The third kappa shape index (κ3) is 2.75. The highest BCUT2D eigenvalue weighted by molar-refractivity contribution is 6.05. The van der Waals surface area contributed by atoms with E-state index in [0.29, 0.717) is 5.92 Å². The monoisotopic (exact) mass is 392 g/mol. The van der Waals surface area contributed by atoms with Crippen molar-refractivity contribution in [3.63, 3.8) is 0 Å². The van der Waals surface area contributed by atoms with E-state index in [0.717, 1.165) is 12.8 Å². The zero-order valence-corrected chi connectivity index (χ0v) is 17.7. The van der Waals surface area contributed by atoms with Gasteiger partial charge in [-0.2, -0.15) is 0 Å². The molecule has 0 unspecified atom stereocenters. The molecule has 6 heteroatoms. The largest absolute Gasteiger partial charge is 0.468 e. The summed E-state index contributed by atoms with van der Waals surface area (Å²) in [6.07, 6.45) is 6.25. The molecular weight excluding hydrogens is 360 g/mol. The Morgan fingerprint density at radius 3 is 2.25 bits per heavy atom. The number of ketones is 1. The molecule has 28 heavy (non-hydrogen) atoms. The van der Waals surface area contributed by atoms with Crippen LogP contribution in [-0.2, 0) is 28.6 Å². The summed E-state index contributed by atoms with van der Waals surface area (Å²) in [5.41, 5.74) is -2.41. The number of ether oxygens (including phenoxy) is 3. The topological polar surface area (TPSA) is 78.9 Å². The normalized spacial score (nSPS) is 41.6. The predicted molar refractivity (Wildman–Crippen MR) is 102 cm³/mol. The van der Waals surface area contributed by atoms with Gasteiger partial charge in [-0.25, -0.2) is 0 Å². The lowest BCUT2D eigenvalue weighted by Gasteiger charge is -2.60. The van der Waals surface area contributed by atoms with Gasteiger partial charge in [0.1, 0.15) is 5.78 Å². The third-order valence-corrected chi connectivity index (χ3v) is 7.82. The molecule has 2 fully saturated rings. The molecule has 2 saturated carbocycles. The quantitative estimate of drug-likeness (QED) is 0.417. The van der Waals surface area contributed by atoms with E-state index in [1.54, 1.807) is 7.11 Å². The van der Waals surface area contributed by atoms with Crippen LogP contribution in [0, 0.1) is 34.0 Å². The number of allylic oxidation sites excluding steroid dienone is 2. The van der Waals surface area contributed by atoms with Crippen LogP contribution < -0.4 is 0 Å². The Morgan fingerprint density at radius 2 is 1.71 bits per heavy atom. The van der Waals surface area contributed by atoms with Crippen molar-refractivity contribution in [2.24, 2.45) is 34.0 Å². The number of hydrogen-bond donors (Lipinski definition) is 0. The molecule has 6 atom stereocenters. The molecular formula is C22H32O6. The van der Waals surface area contributed by atoms with Gasteiger partial charge in [-0.3, -0.25) is 14.4 Å². The van der Waals surface area contributed by atoms with Gasteiger partial charge in [-0.1, -0.05) is 32.9 Å². The molecule has 6 nitrogen and oxygen atoms in total. The molecule has 0 heterocycles. The number of methoxy groups -OCH3 is 3. The van der Waals surface area contributed by atoms with Gasteiger partial charge in [0.05, 0.1) is 20.3 Å². The Hall–Kier alpha value is -1.69. The van der Waals surface area contributed by atoms with E-state index in [-0.39, 0.29) is 42.0 Å². The predicted octanol–water partition coefficient (Wildman–Crippen LogP) is 2.94. The van der Waals surface area contributed by atoms with E-state index < -0.39 is 22.8 Å². The lowest BCUT2D eigenvalue weighted by atomic mass is 9.43. The average molecular weight is 392 g/mol. The molecule has 3 aliphatic rings. The van der Waals surface area contributed by atoms with Crippen molar-refractivity contribution >= 4 is 17.7 Å². The molecule has 0 aromatic rings. The maximum absolute atomic E-state index is 13.5. The first-order valence-electron chi connectivity index (χ1n) is 10.0. The number of carbonyl (C=O) groups excluding carboxylic acids is 3. The van der Waals surface area contributed by atoms with E-state index in [1.165, 1.54) is 14.2 Å². The average Bonchev–Trinajstić information content (AvgIpc) is 2.65. The number of fused-ring (bicyclic) bond motifs is 3. The fourth-order valence-electron chi connectivity index (χ4n) is 6.72. The smallest absolute Gasteiger partial charge is 0.323 e. The van der Waals surface area contributed by atoms with Crippen LogP contribution in [0.2, 0.25) is 0 Å². The van der Waals surface area contributed by atoms with Crippen LogP contribution in [0.15, 0.2) is 12.2 Å². The molecule has 0 aromatic carbocycles. The second-order valence-corrected chi connectivity index (χ2v) is 9.39. The maximum atomic E-state index is 13.5. The second kappa shape index (κ2) is 6.97. The van der Waals surface area contributed by atoms with Crippen LogP contribution in [0.4, 0.5) is 0 Å². The fraction of sp³-hybridized carbons (Fsp3) is 0.773. The summed E-state index contributed by atoms with van der Waals surface area (Å²) in [4.78, 5) is 38.8. The molecule has 0 saturated heterocycles. The van der Waals surface area contributed by atoms with Crippen molar-refractivity contribution in [1.82, 2.24) is 0 Å². The maximum Gasteiger partial charge on any atom is 0.323 e. The lowest BCUT2D eigenvalue weighted by Crippen LogP contribution is -2.61. The number of rotatable bonds is 3. The number of hydrogen-bond acceptors (Lipinski definition) is 6. The molecule has 156 valence electrons. The van der Waals surface area contributed by atoms with Gasteiger partial charge >= 0.3 is 11.9 Å². The standard InChI is InChI=1S/C22H32O6/c1-13-14-7-9-20(2)12-22(18(24)27-5,19(25)28-6)11-15(23)17(20)21(14,3)10-8-16(13)26-4/h7,9,13-14,16-17H,8,10-12H2,1-6H3/t13-,14+,16-,17+,20-,21-/m1/s1. The van der Waals surface area contributed by atoms with Gasteiger partial charge in [0.25, 0.3) is 0 Å². The van der Waals surface area contributed by atoms with Crippen LogP contribution in [0.3, 0.4) is 0 Å². The van der Waals surface area contributed by atoms with Gasteiger partial charge < -0.3 is 14.2 Å². The van der Waals surface area contributed by atoms with E-state index in [9.17, 15) is 14.4 Å². The Morgan fingerprint density at radius 1 is 1.11 bits per heavy atom.